The quantitative estimate of drug-likeness (QED) is 0.709. The molecule has 4 rings (SSSR count). The molecule has 2 aliphatic rings. The molecule has 2 aromatic carbocycles. The molecule has 160 valence electrons. The number of carbonyl (C=O) groups is 1. The molecule has 2 amide bonds. The fourth-order valence-electron chi connectivity index (χ4n) is 5.83. The molecule has 30 heavy (non-hydrogen) atoms. The maximum absolute atomic E-state index is 12.4. The molecule has 2 aliphatic heterocycles. The molecule has 2 saturated heterocycles. The number of hydrogen-bond acceptors (Lipinski definition) is 2. The fourth-order valence-corrected chi connectivity index (χ4v) is 5.83. The van der Waals surface area contributed by atoms with Crippen molar-refractivity contribution in [3.05, 3.63) is 71.8 Å². The Labute approximate surface area is 181 Å². The van der Waals surface area contributed by atoms with Crippen molar-refractivity contribution in [2.45, 2.75) is 56.5 Å². The van der Waals surface area contributed by atoms with Crippen molar-refractivity contribution in [3.8, 4) is 0 Å². The van der Waals surface area contributed by atoms with Crippen LogP contribution in [0.15, 0.2) is 60.7 Å². The lowest BCUT2D eigenvalue weighted by Crippen LogP contribution is -2.48. The molecule has 0 spiro atoms. The number of amides is 2. The second kappa shape index (κ2) is 9.22. The van der Waals surface area contributed by atoms with Crippen molar-refractivity contribution in [2.24, 2.45) is 5.92 Å². The van der Waals surface area contributed by atoms with Gasteiger partial charge in [-0.1, -0.05) is 60.7 Å². The Morgan fingerprint density at radius 3 is 1.97 bits per heavy atom. The van der Waals surface area contributed by atoms with Gasteiger partial charge in [-0.3, -0.25) is 0 Å². The van der Waals surface area contributed by atoms with Crippen LogP contribution in [0.25, 0.3) is 0 Å². The Balaban J connectivity index is 1.69. The van der Waals surface area contributed by atoms with Gasteiger partial charge >= 0.3 is 6.03 Å². The number of piperidine rings is 1. The molecule has 0 saturated carbocycles. The third-order valence-corrected chi connectivity index (χ3v) is 7.37. The fraction of sp³-hybridized carbons (Fsp3) is 0.500. The van der Waals surface area contributed by atoms with E-state index < -0.39 is 0 Å². The topological polar surface area (TPSA) is 44.4 Å². The Bertz CT molecular complexity index is 769. The van der Waals surface area contributed by atoms with Gasteiger partial charge in [0.2, 0.25) is 0 Å². The van der Waals surface area contributed by atoms with Crippen molar-refractivity contribution in [1.82, 2.24) is 15.5 Å². The summed E-state index contributed by atoms with van der Waals surface area (Å²) in [6, 6.07) is 22.9. The van der Waals surface area contributed by atoms with Crippen LogP contribution in [0.3, 0.4) is 0 Å². The Hall–Kier alpha value is -2.33. The van der Waals surface area contributed by atoms with Gasteiger partial charge in [-0.15, -0.1) is 0 Å². The van der Waals surface area contributed by atoms with Crippen molar-refractivity contribution in [2.75, 3.05) is 20.1 Å². The Morgan fingerprint density at radius 1 is 0.933 bits per heavy atom. The predicted octanol–water partition coefficient (Wildman–Crippen LogP) is 4.55. The molecule has 0 radical (unpaired) electrons. The highest BCUT2D eigenvalue weighted by Crippen LogP contribution is 2.45. The average Bonchev–Trinajstić information content (AvgIpc) is 2.98. The van der Waals surface area contributed by atoms with Crippen molar-refractivity contribution >= 4 is 6.03 Å². The molecular weight excluding hydrogens is 370 g/mol. The van der Waals surface area contributed by atoms with E-state index >= 15 is 0 Å². The number of fused-ring (bicyclic) bond motifs is 2. The molecule has 2 fully saturated rings. The van der Waals surface area contributed by atoms with Gasteiger partial charge in [0.1, 0.15) is 0 Å². The molecule has 0 aliphatic carbocycles. The van der Waals surface area contributed by atoms with Gasteiger partial charge in [-0.25, -0.2) is 4.79 Å². The monoisotopic (exact) mass is 405 g/mol. The Kier molecular flexibility index (Phi) is 6.43. The van der Waals surface area contributed by atoms with Crippen molar-refractivity contribution in [1.29, 1.82) is 0 Å². The number of benzene rings is 2. The van der Waals surface area contributed by atoms with E-state index in [1.165, 1.54) is 36.8 Å². The van der Waals surface area contributed by atoms with Gasteiger partial charge in [0.05, 0.1) is 0 Å². The van der Waals surface area contributed by atoms with E-state index in [1.54, 1.807) is 0 Å². The summed E-state index contributed by atoms with van der Waals surface area (Å²) in [6.07, 6.45) is 6.25. The lowest BCUT2D eigenvalue weighted by atomic mass is 9.67. The van der Waals surface area contributed by atoms with Gasteiger partial charge in [0.25, 0.3) is 0 Å². The summed E-state index contributed by atoms with van der Waals surface area (Å²) in [5, 5.41) is 6.10. The van der Waals surface area contributed by atoms with Crippen LogP contribution in [0.1, 0.15) is 50.2 Å². The number of rotatable bonds is 7. The van der Waals surface area contributed by atoms with Crippen LogP contribution >= 0.6 is 0 Å². The maximum Gasteiger partial charge on any atom is 0.314 e. The normalized spacial score (nSPS) is 23.9. The lowest BCUT2D eigenvalue weighted by molar-refractivity contribution is 0.118. The summed E-state index contributed by atoms with van der Waals surface area (Å²) >= 11 is 0. The molecule has 0 unspecified atom stereocenters. The first-order valence-corrected chi connectivity index (χ1v) is 11.5. The van der Waals surface area contributed by atoms with E-state index in [1.807, 2.05) is 6.92 Å². The highest BCUT2D eigenvalue weighted by Gasteiger charge is 2.43. The average molecular weight is 406 g/mol. The van der Waals surface area contributed by atoms with Gasteiger partial charge < -0.3 is 15.5 Å². The summed E-state index contributed by atoms with van der Waals surface area (Å²) in [5.41, 5.74) is 2.35. The first-order chi connectivity index (χ1) is 14.6. The summed E-state index contributed by atoms with van der Waals surface area (Å²) in [4.78, 5) is 15.0. The largest absolute Gasteiger partial charge is 0.338 e. The highest BCUT2D eigenvalue weighted by molar-refractivity contribution is 5.74. The van der Waals surface area contributed by atoms with E-state index in [-0.39, 0.29) is 11.4 Å². The second-order valence-electron chi connectivity index (χ2n) is 9.12. The van der Waals surface area contributed by atoms with E-state index in [4.69, 9.17) is 0 Å². The molecule has 4 heteroatoms. The molecule has 2 heterocycles. The summed E-state index contributed by atoms with van der Waals surface area (Å²) in [5.74, 6) is 0.662. The molecule has 0 aromatic heterocycles. The van der Waals surface area contributed by atoms with Gasteiger partial charge in [0, 0.05) is 30.6 Å². The number of nitrogens with one attached hydrogen (secondary N) is 2. The molecular formula is C26H35N3O. The summed E-state index contributed by atoms with van der Waals surface area (Å²) in [6.45, 7) is 3.19. The van der Waals surface area contributed by atoms with E-state index in [2.05, 4.69) is 83.2 Å². The lowest BCUT2D eigenvalue weighted by Gasteiger charge is -2.43. The number of nitrogens with zero attached hydrogens (tertiary/aromatic N) is 1. The molecule has 4 nitrogen and oxygen atoms in total. The number of hydrogen-bond donors (Lipinski definition) is 2. The SMILES string of the molecule is CCNC(=O)NCC(CC1C[C@@H]2CC[C@@H](C1)N2C)(c1ccccc1)c1ccccc1. The van der Waals surface area contributed by atoms with Crippen LogP contribution in [-0.4, -0.2) is 43.2 Å². The van der Waals surface area contributed by atoms with Gasteiger partial charge in [0.15, 0.2) is 0 Å². The van der Waals surface area contributed by atoms with Gasteiger partial charge in [-0.05, 0) is 63.1 Å². The molecule has 2 N–H and O–H groups in total. The number of carbonyl (C=O) groups excluding carboxylic acids is 1. The maximum atomic E-state index is 12.4. The number of urea groups is 1. The zero-order chi connectivity index (χ0) is 21.0. The predicted molar refractivity (Wildman–Crippen MR) is 123 cm³/mol. The highest BCUT2D eigenvalue weighted by atomic mass is 16.2. The Morgan fingerprint density at radius 2 is 1.47 bits per heavy atom. The molecule has 2 atom stereocenters. The van der Waals surface area contributed by atoms with Crippen LogP contribution in [-0.2, 0) is 5.41 Å². The summed E-state index contributed by atoms with van der Waals surface area (Å²) in [7, 11) is 2.30. The molecule has 2 bridgehead atoms. The van der Waals surface area contributed by atoms with Crippen LogP contribution in [0.4, 0.5) is 4.79 Å². The van der Waals surface area contributed by atoms with Gasteiger partial charge in [-0.2, -0.15) is 0 Å². The van der Waals surface area contributed by atoms with E-state index in [0.29, 0.717) is 31.1 Å². The van der Waals surface area contributed by atoms with Crippen LogP contribution in [0, 0.1) is 5.92 Å². The van der Waals surface area contributed by atoms with Crippen LogP contribution in [0.2, 0.25) is 0 Å². The van der Waals surface area contributed by atoms with Crippen molar-refractivity contribution < 1.29 is 4.79 Å². The minimum atomic E-state index is -0.229. The van der Waals surface area contributed by atoms with E-state index in [0.717, 1.165) is 6.42 Å². The third-order valence-electron chi connectivity index (χ3n) is 7.37. The first-order valence-electron chi connectivity index (χ1n) is 11.5. The van der Waals surface area contributed by atoms with Crippen LogP contribution in [0.5, 0.6) is 0 Å². The summed E-state index contributed by atoms with van der Waals surface area (Å²) < 4.78 is 0. The van der Waals surface area contributed by atoms with Crippen molar-refractivity contribution in [3.63, 3.8) is 0 Å². The second-order valence-corrected chi connectivity index (χ2v) is 9.12. The zero-order valence-electron chi connectivity index (χ0n) is 18.3. The van der Waals surface area contributed by atoms with Crippen LogP contribution < -0.4 is 10.6 Å². The standard InChI is InChI=1S/C26H35N3O/c1-3-27-25(30)28-19-26(21-10-6-4-7-11-21,22-12-8-5-9-13-22)18-20-16-23-14-15-24(17-20)29(23)2/h4-13,20,23-24H,3,14-19H2,1-2H3,(H2,27,28,30)/t23-,24-/m0/s1. The zero-order valence-corrected chi connectivity index (χ0v) is 18.3. The minimum absolute atomic E-state index is 0.0859. The smallest absolute Gasteiger partial charge is 0.314 e. The van der Waals surface area contributed by atoms with E-state index in [9.17, 15) is 4.79 Å². The minimum Gasteiger partial charge on any atom is -0.338 e. The first kappa shape index (κ1) is 20.9. The molecule has 2 aromatic rings. The third kappa shape index (κ3) is 4.24.